The number of anilines is 2. The molecule has 0 bridgehead atoms. The number of halogens is 2. The van der Waals surface area contributed by atoms with E-state index in [1.54, 1.807) is 110 Å². The quantitative estimate of drug-likeness (QED) is 0.0841. The van der Waals surface area contributed by atoms with Gasteiger partial charge in [0.05, 0.1) is 0 Å². The second-order valence-electron chi connectivity index (χ2n) is 9.90. The van der Waals surface area contributed by atoms with Crippen molar-refractivity contribution in [3.8, 4) is 0 Å². The van der Waals surface area contributed by atoms with Gasteiger partial charge in [-0.25, -0.2) is 0 Å². The fraction of sp³-hybridized carbons (Fsp3) is 0.0244. The minimum atomic E-state index is -0.168. The first-order valence-electron chi connectivity index (χ1n) is 14.0. The van der Waals surface area contributed by atoms with E-state index in [1.165, 1.54) is 0 Å². The van der Waals surface area contributed by atoms with Gasteiger partial charge in [-0.1, -0.05) is 118 Å². The van der Waals surface area contributed by atoms with Crippen LogP contribution in [0.5, 0.6) is 0 Å². The van der Waals surface area contributed by atoms with Crippen LogP contribution in [0.1, 0.15) is 66.7 Å². The molecule has 0 saturated heterocycles. The van der Waals surface area contributed by atoms with Crippen molar-refractivity contribution in [2.24, 2.45) is 0 Å². The maximum absolute atomic E-state index is 12.1. The average molecular weight is 1440 g/mol. The molecule has 10 N–H and O–H groups in total. The second-order valence-corrected chi connectivity index (χ2v) is 11.7. The van der Waals surface area contributed by atoms with Gasteiger partial charge in [-0.2, -0.15) is 18.6 Å². The number of ketones is 3. The zero-order chi connectivity index (χ0) is 33.9. The summed E-state index contributed by atoms with van der Waals surface area (Å²) in [5, 5.41) is 0. The first-order valence-corrected chi connectivity index (χ1v) is 15.6. The molecule has 0 fully saturated rings. The van der Waals surface area contributed by atoms with Crippen molar-refractivity contribution < 1.29 is 74.7 Å². The SMILES string of the molecule is C.C=Cc1cc(C=C)cc(C(=O)c2ccc[n-]2)c1.Nc1cc(N)cc(C(=O)c2ccc[n-]2)c1.O=C(c1cc(Br)cc(Br)c1)c1ccc[n-]1.[CH3-].[CH3-].[CH3-].[Ir+3].[Ir+3].[Ir+3].[NH2-].[NH2-].[NH2-]. The Morgan fingerprint density at radius 1 is 0.509 bits per heavy atom. The van der Waals surface area contributed by atoms with Crippen LogP contribution in [-0.2, 0) is 60.3 Å². The van der Waals surface area contributed by atoms with E-state index in [4.69, 9.17) is 11.5 Å². The third-order valence-electron chi connectivity index (χ3n) is 6.44. The van der Waals surface area contributed by atoms with E-state index >= 15 is 0 Å². The van der Waals surface area contributed by atoms with E-state index in [0.717, 1.165) is 20.1 Å². The zero-order valence-corrected chi connectivity index (χ0v) is 41.0. The molecule has 310 valence electrons. The predicted octanol–water partition coefficient (Wildman–Crippen LogP) is 11.7. The molecule has 3 heterocycles. The topological polar surface area (TPSA) is 246 Å². The Hall–Kier alpha value is -3.62. The van der Waals surface area contributed by atoms with Gasteiger partial charge in [0.25, 0.3) is 0 Å². The summed E-state index contributed by atoms with van der Waals surface area (Å²) in [6.07, 6.45) is 8.21. The van der Waals surface area contributed by atoms with E-state index in [9.17, 15) is 14.4 Å². The van der Waals surface area contributed by atoms with Crippen LogP contribution in [0.4, 0.5) is 11.4 Å². The van der Waals surface area contributed by atoms with Gasteiger partial charge in [0.15, 0.2) is 17.3 Å². The normalized spacial score (nSPS) is 8.32. The number of carbonyl (C=O) groups excluding carboxylic acids is 3. The van der Waals surface area contributed by atoms with E-state index in [1.807, 2.05) is 12.1 Å². The minimum Gasteiger partial charge on any atom is -0.693 e. The van der Waals surface area contributed by atoms with Gasteiger partial charge in [-0.15, -0.1) is 0 Å². The molecule has 6 rings (SSSR count). The third kappa shape index (κ3) is 20.1. The molecule has 57 heavy (non-hydrogen) atoms. The molecular formula is C41H47Br2Ir3N8O3. The monoisotopic (exact) mass is 1440 g/mol. The smallest absolute Gasteiger partial charge is 0.693 e. The summed E-state index contributed by atoms with van der Waals surface area (Å²) in [7, 11) is 0. The van der Waals surface area contributed by atoms with Crippen LogP contribution in [0.25, 0.3) is 30.6 Å². The number of hydrogen-bond donors (Lipinski definition) is 2. The summed E-state index contributed by atoms with van der Waals surface area (Å²) in [5.41, 5.74) is 17.0. The van der Waals surface area contributed by atoms with Gasteiger partial charge in [0, 0.05) is 37.0 Å². The Kier molecular flexibility index (Phi) is 39.8. The maximum atomic E-state index is 12.1. The molecule has 0 atom stereocenters. The minimum absolute atomic E-state index is 0. The van der Waals surface area contributed by atoms with Crippen molar-refractivity contribution in [1.29, 1.82) is 0 Å². The molecule has 0 aliphatic carbocycles. The maximum Gasteiger partial charge on any atom is 3.00 e. The van der Waals surface area contributed by atoms with Crippen LogP contribution >= 0.6 is 31.9 Å². The first kappa shape index (κ1) is 68.1. The van der Waals surface area contributed by atoms with E-state index in [2.05, 4.69) is 60.0 Å². The summed E-state index contributed by atoms with van der Waals surface area (Å²) < 4.78 is 1.73. The van der Waals surface area contributed by atoms with Crippen molar-refractivity contribution in [2.45, 2.75) is 7.43 Å². The standard InChI is InChI=1S/C15H13NO.C11H7Br2NO.C11H11N3O.CH4.3CH3.3Ir.3H2N/c1-3-11-8-12(4-2)10-13(9-11)15(17)14-6-5-7-16-14;2*12-8-4-7(5-9(13)6-8)11(15)10-2-1-3-14-10;;;;;;;;;;/h3-10H,1-2H2,(H,16,17);1-6H,(H,14,15);1-6H,12-13H2,(H,14,15);1H4;3*1H3;;;;3*1H2/q;;;;3*-1;3*+3;3*-1/p-3. The largest absolute Gasteiger partial charge is 3.00 e. The summed E-state index contributed by atoms with van der Waals surface area (Å²) in [6, 6.07) is 26.0. The molecule has 11 nitrogen and oxygen atoms in total. The number of carbonyl (C=O) groups is 3. The van der Waals surface area contributed by atoms with Gasteiger partial charge in [-0.3, -0.25) is 14.4 Å². The van der Waals surface area contributed by atoms with E-state index in [-0.39, 0.29) is 126 Å². The molecule has 16 heteroatoms. The predicted molar refractivity (Wildman–Crippen MR) is 235 cm³/mol. The van der Waals surface area contributed by atoms with Crippen molar-refractivity contribution >= 4 is 72.7 Å². The average Bonchev–Trinajstić information content (AvgIpc) is 3.87. The molecule has 0 amide bonds. The van der Waals surface area contributed by atoms with Crippen molar-refractivity contribution in [2.75, 3.05) is 11.5 Å². The number of nitrogens with zero attached hydrogens (tertiary/aromatic N) is 3. The molecule has 0 radical (unpaired) electrons. The van der Waals surface area contributed by atoms with Gasteiger partial charge in [-0.05, 0) is 65.7 Å². The molecule has 3 aromatic carbocycles. The van der Waals surface area contributed by atoms with Crippen LogP contribution in [0.3, 0.4) is 0 Å². The Morgan fingerprint density at radius 2 is 0.807 bits per heavy atom. The Bertz CT molecular complexity index is 1880. The van der Waals surface area contributed by atoms with Gasteiger partial charge in [0.2, 0.25) is 0 Å². The molecule has 0 saturated carbocycles. The molecule has 3 aromatic heterocycles. The Labute approximate surface area is 395 Å². The molecule has 6 aromatic rings. The number of aromatic nitrogens is 3. The van der Waals surface area contributed by atoms with Crippen LogP contribution in [-0.4, -0.2) is 17.3 Å². The van der Waals surface area contributed by atoms with Crippen LogP contribution in [0.15, 0.2) is 132 Å². The summed E-state index contributed by atoms with van der Waals surface area (Å²) in [6.45, 7) is 7.42. The van der Waals surface area contributed by atoms with Crippen molar-refractivity contribution in [3.05, 3.63) is 217 Å². The number of rotatable bonds is 8. The summed E-state index contributed by atoms with van der Waals surface area (Å²) in [4.78, 5) is 47.8. The van der Waals surface area contributed by atoms with Crippen LogP contribution in [0.2, 0.25) is 0 Å². The fourth-order valence-electron chi connectivity index (χ4n) is 4.28. The van der Waals surface area contributed by atoms with E-state index in [0.29, 0.717) is 45.1 Å². The number of hydrogen-bond acceptors (Lipinski definition) is 5. The Morgan fingerprint density at radius 3 is 1.09 bits per heavy atom. The fourth-order valence-corrected chi connectivity index (χ4v) is 5.58. The number of benzene rings is 3. The van der Waals surface area contributed by atoms with Crippen molar-refractivity contribution in [1.82, 2.24) is 15.0 Å². The van der Waals surface area contributed by atoms with Crippen molar-refractivity contribution in [3.63, 3.8) is 0 Å². The van der Waals surface area contributed by atoms with E-state index < -0.39 is 0 Å². The number of nitrogen functional groups attached to an aromatic ring is 2. The molecule has 0 spiro atoms. The zero-order valence-electron chi connectivity index (χ0n) is 30.7. The van der Waals surface area contributed by atoms with Gasteiger partial charge < -0.3 is 67.2 Å². The number of nitrogens with two attached hydrogens (primary N) is 5. The third-order valence-corrected chi connectivity index (χ3v) is 7.35. The van der Waals surface area contributed by atoms with Crippen LogP contribution in [0, 0.1) is 22.3 Å². The Balaban J connectivity index is -0.000000121. The molecule has 0 aliphatic rings. The molecule has 0 unspecified atom stereocenters. The second kappa shape index (κ2) is 33.4. The summed E-state index contributed by atoms with van der Waals surface area (Å²) in [5.74, 6) is -0.317. The summed E-state index contributed by atoms with van der Waals surface area (Å²) >= 11 is 6.68. The van der Waals surface area contributed by atoms with Gasteiger partial charge >= 0.3 is 60.3 Å². The molecular weight excluding hydrogens is 1390 g/mol. The van der Waals surface area contributed by atoms with Gasteiger partial charge in [0.1, 0.15) is 0 Å². The van der Waals surface area contributed by atoms with Crippen LogP contribution < -0.4 is 26.4 Å². The molecule has 0 aliphatic heterocycles. The first-order chi connectivity index (χ1) is 22.6.